The average Bonchev–Trinajstić information content (AvgIpc) is 2.57. The van der Waals surface area contributed by atoms with E-state index >= 15 is 0 Å². The number of aromatic nitrogens is 3. The topological polar surface area (TPSA) is 41.6 Å². The molecule has 0 saturated carbocycles. The van der Waals surface area contributed by atoms with Crippen LogP contribution in [-0.4, -0.2) is 15.4 Å². The van der Waals surface area contributed by atoms with Crippen molar-refractivity contribution in [3.63, 3.8) is 0 Å². The SMILES string of the molecule is Ic1ccccc1-c1cn[nH]n1. The molecule has 3 nitrogen and oxygen atoms in total. The third-order valence-corrected chi connectivity index (χ3v) is 2.51. The van der Waals surface area contributed by atoms with Crippen LogP contribution >= 0.6 is 22.6 Å². The Kier molecular flexibility index (Phi) is 2.07. The van der Waals surface area contributed by atoms with Crippen LogP contribution in [0.25, 0.3) is 11.3 Å². The van der Waals surface area contributed by atoms with Crippen LogP contribution < -0.4 is 0 Å². The Labute approximate surface area is 83.3 Å². The van der Waals surface area contributed by atoms with Gasteiger partial charge in [-0.25, -0.2) is 0 Å². The lowest BCUT2D eigenvalue weighted by molar-refractivity contribution is 0.942. The van der Waals surface area contributed by atoms with Gasteiger partial charge >= 0.3 is 0 Å². The van der Waals surface area contributed by atoms with E-state index in [9.17, 15) is 0 Å². The van der Waals surface area contributed by atoms with Crippen molar-refractivity contribution in [1.82, 2.24) is 15.4 Å². The minimum atomic E-state index is 0.889. The number of nitrogens with one attached hydrogen (secondary N) is 1. The number of aromatic amines is 1. The van der Waals surface area contributed by atoms with Gasteiger partial charge in [0.15, 0.2) is 0 Å². The number of hydrogen-bond acceptors (Lipinski definition) is 2. The highest BCUT2D eigenvalue weighted by atomic mass is 127. The van der Waals surface area contributed by atoms with E-state index in [1.165, 1.54) is 3.57 Å². The molecule has 1 N–H and O–H groups in total. The number of benzene rings is 1. The van der Waals surface area contributed by atoms with Crippen molar-refractivity contribution < 1.29 is 0 Å². The van der Waals surface area contributed by atoms with Crippen molar-refractivity contribution in [2.45, 2.75) is 0 Å². The molecule has 0 atom stereocenters. The molecule has 2 aromatic rings. The van der Waals surface area contributed by atoms with Crippen LogP contribution in [-0.2, 0) is 0 Å². The van der Waals surface area contributed by atoms with Gasteiger partial charge in [0.1, 0.15) is 5.69 Å². The molecule has 0 bridgehead atoms. The first-order valence-corrected chi connectivity index (χ1v) is 4.56. The van der Waals surface area contributed by atoms with Gasteiger partial charge < -0.3 is 0 Å². The Bertz CT molecular complexity index is 370. The van der Waals surface area contributed by atoms with Gasteiger partial charge in [0.05, 0.1) is 6.20 Å². The second kappa shape index (κ2) is 3.22. The third kappa shape index (κ3) is 1.34. The molecule has 12 heavy (non-hydrogen) atoms. The third-order valence-electron chi connectivity index (χ3n) is 1.56. The Morgan fingerprint density at radius 1 is 1.25 bits per heavy atom. The van der Waals surface area contributed by atoms with Crippen molar-refractivity contribution in [1.29, 1.82) is 0 Å². The van der Waals surface area contributed by atoms with Gasteiger partial charge in [-0.15, -0.1) is 0 Å². The van der Waals surface area contributed by atoms with Gasteiger partial charge in [-0.3, -0.25) is 0 Å². The maximum Gasteiger partial charge on any atom is 0.113 e. The molecular formula is C8H6IN3. The zero-order valence-electron chi connectivity index (χ0n) is 6.16. The van der Waals surface area contributed by atoms with Crippen LogP contribution in [0.2, 0.25) is 0 Å². The average molecular weight is 271 g/mol. The summed E-state index contributed by atoms with van der Waals surface area (Å²) >= 11 is 2.28. The van der Waals surface area contributed by atoms with E-state index in [2.05, 4.69) is 38.0 Å². The summed E-state index contributed by atoms with van der Waals surface area (Å²) < 4.78 is 1.18. The maximum absolute atomic E-state index is 4.01. The van der Waals surface area contributed by atoms with E-state index < -0.39 is 0 Å². The van der Waals surface area contributed by atoms with E-state index in [4.69, 9.17) is 0 Å². The summed E-state index contributed by atoms with van der Waals surface area (Å²) in [6, 6.07) is 8.07. The predicted molar refractivity (Wildman–Crippen MR) is 54.5 cm³/mol. The fourth-order valence-electron chi connectivity index (χ4n) is 1.00. The zero-order valence-corrected chi connectivity index (χ0v) is 8.32. The van der Waals surface area contributed by atoms with Crippen LogP contribution in [0.3, 0.4) is 0 Å². The lowest BCUT2D eigenvalue weighted by atomic mass is 10.2. The largest absolute Gasteiger partial charge is 0.197 e. The number of rotatable bonds is 1. The summed E-state index contributed by atoms with van der Waals surface area (Å²) in [5.74, 6) is 0. The molecule has 0 unspecified atom stereocenters. The first-order chi connectivity index (χ1) is 5.88. The molecule has 0 fully saturated rings. The molecule has 0 saturated heterocycles. The van der Waals surface area contributed by atoms with Crippen LogP contribution in [0, 0.1) is 3.57 Å². The number of H-pyrrole nitrogens is 1. The Hall–Kier alpha value is -0.910. The molecule has 0 aliphatic carbocycles. The Balaban J connectivity index is 2.55. The second-order valence-electron chi connectivity index (χ2n) is 2.34. The van der Waals surface area contributed by atoms with Gasteiger partial charge in [-0.1, -0.05) is 18.2 Å². The highest BCUT2D eigenvalue weighted by Crippen LogP contribution is 2.21. The van der Waals surface area contributed by atoms with Gasteiger partial charge in [-0.05, 0) is 28.7 Å². The molecule has 0 aliphatic heterocycles. The summed E-state index contributed by atoms with van der Waals surface area (Å²) in [6.45, 7) is 0. The standard InChI is InChI=1S/C8H6IN3/c9-7-4-2-1-3-6(7)8-5-10-12-11-8/h1-5H,(H,10,11,12). The van der Waals surface area contributed by atoms with Gasteiger partial charge in [0, 0.05) is 9.13 Å². The Morgan fingerprint density at radius 3 is 2.75 bits per heavy atom. The number of hydrogen-bond donors (Lipinski definition) is 1. The highest BCUT2D eigenvalue weighted by Gasteiger charge is 2.02. The first-order valence-electron chi connectivity index (χ1n) is 3.48. The van der Waals surface area contributed by atoms with Gasteiger partial charge in [0.25, 0.3) is 0 Å². The Morgan fingerprint density at radius 2 is 2.08 bits per heavy atom. The molecule has 1 aromatic heterocycles. The minimum Gasteiger partial charge on any atom is -0.197 e. The molecule has 60 valence electrons. The van der Waals surface area contributed by atoms with E-state index in [1.807, 2.05) is 24.3 Å². The first kappa shape index (κ1) is 7.72. The molecule has 0 radical (unpaired) electrons. The predicted octanol–water partition coefficient (Wildman–Crippen LogP) is 2.08. The normalized spacial score (nSPS) is 10.1. The molecule has 1 heterocycles. The summed E-state index contributed by atoms with van der Waals surface area (Å²) in [5.41, 5.74) is 2.01. The molecule has 1 aromatic carbocycles. The zero-order chi connectivity index (χ0) is 8.39. The van der Waals surface area contributed by atoms with Crippen LogP contribution in [0.15, 0.2) is 30.5 Å². The lowest BCUT2D eigenvalue weighted by Gasteiger charge is -1.97. The van der Waals surface area contributed by atoms with Crippen LogP contribution in [0.1, 0.15) is 0 Å². The summed E-state index contributed by atoms with van der Waals surface area (Å²) in [4.78, 5) is 0. The lowest BCUT2D eigenvalue weighted by Crippen LogP contribution is -1.81. The van der Waals surface area contributed by atoms with Gasteiger partial charge in [0.2, 0.25) is 0 Å². The van der Waals surface area contributed by atoms with E-state index in [1.54, 1.807) is 6.20 Å². The molecule has 0 aliphatic rings. The number of halogens is 1. The van der Waals surface area contributed by atoms with Crippen molar-refractivity contribution in [3.05, 3.63) is 34.0 Å². The van der Waals surface area contributed by atoms with E-state index in [0.29, 0.717) is 0 Å². The summed E-state index contributed by atoms with van der Waals surface area (Å²) in [6.07, 6.45) is 1.72. The second-order valence-corrected chi connectivity index (χ2v) is 3.50. The molecular weight excluding hydrogens is 265 g/mol. The smallest absolute Gasteiger partial charge is 0.113 e. The fourth-order valence-corrected chi connectivity index (χ4v) is 1.66. The molecule has 4 heteroatoms. The molecule has 2 rings (SSSR count). The van der Waals surface area contributed by atoms with Crippen LogP contribution in [0.4, 0.5) is 0 Å². The maximum atomic E-state index is 4.01. The fraction of sp³-hybridized carbons (Fsp3) is 0. The van der Waals surface area contributed by atoms with Gasteiger partial charge in [-0.2, -0.15) is 15.4 Å². The molecule has 0 amide bonds. The van der Waals surface area contributed by atoms with Crippen molar-refractivity contribution in [2.75, 3.05) is 0 Å². The highest BCUT2D eigenvalue weighted by molar-refractivity contribution is 14.1. The molecule has 0 spiro atoms. The minimum absolute atomic E-state index is 0.889. The summed E-state index contributed by atoms with van der Waals surface area (Å²) in [7, 11) is 0. The van der Waals surface area contributed by atoms with Crippen molar-refractivity contribution in [3.8, 4) is 11.3 Å². The van der Waals surface area contributed by atoms with Crippen LogP contribution in [0.5, 0.6) is 0 Å². The quantitative estimate of drug-likeness (QED) is 0.807. The van der Waals surface area contributed by atoms with E-state index in [-0.39, 0.29) is 0 Å². The van der Waals surface area contributed by atoms with E-state index in [0.717, 1.165) is 11.3 Å². The van der Waals surface area contributed by atoms with Crippen molar-refractivity contribution in [2.24, 2.45) is 0 Å². The van der Waals surface area contributed by atoms with Crippen molar-refractivity contribution >= 4 is 22.6 Å². The summed E-state index contributed by atoms with van der Waals surface area (Å²) in [5, 5.41) is 10.4. The monoisotopic (exact) mass is 271 g/mol. The number of nitrogens with zero attached hydrogens (tertiary/aromatic N) is 2.